The standard InChI is InChI=1S/C13H21NS/c1-11(10-12-6-7-12)14-8-2-4-13-5-3-9-15-13/h3,5,9,11-12,14H,2,4,6-8,10H2,1H3. The topological polar surface area (TPSA) is 12.0 Å². The molecule has 1 aromatic heterocycles. The monoisotopic (exact) mass is 223 g/mol. The van der Waals surface area contributed by atoms with Crippen LogP contribution in [0.1, 0.15) is 37.5 Å². The molecular weight excluding hydrogens is 202 g/mol. The van der Waals surface area contributed by atoms with Gasteiger partial charge in [0.1, 0.15) is 0 Å². The molecule has 0 bridgehead atoms. The molecular formula is C13H21NS. The van der Waals surface area contributed by atoms with E-state index in [4.69, 9.17) is 0 Å². The molecule has 1 N–H and O–H groups in total. The van der Waals surface area contributed by atoms with E-state index in [0.29, 0.717) is 0 Å². The molecule has 0 spiro atoms. The summed E-state index contributed by atoms with van der Waals surface area (Å²) in [5, 5.41) is 5.79. The second kappa shape index (κ2) is 5.66. The first-order valence-corrected chi connectivity index (χ1v) is 6.98. The number of hydrogen-bond donors (Lipinski definition) is 1. The molecule has 2 rings (SSSR count). The van der Waals surface area contributed by atoms with Crippen molar-refractivity contribution in [3.8, 4) is 0 Å². The molecule has 1 aliphatic rings. The van der Waals surface area contributed by atoms with Crippen molar-refractivity contribution in [1.29, 1.82) is 0 Å². The first-order valence-electron chi connectivity index (χ1n) is 6.10. The highest BCUT2D eigenvalue weighted by atomic mass is 32.1. The van der Waals surface area contributed by atoms with Crippen LogP contribution < -0.4 is 5.32 Å². The average molecular weight is 223 g/mol. The Hall–Kier alpha value is -0.340. The van der Waals surface area contributed by atoms with Crippen LogP contribution in [0.4, 0.5) is 0 Å². The van der Waals surface area contributed by atoms with Crippen molar-refractivity contribution in [2.45, 2.75) is 45.1 Å². The van der Waals surface area contributed by atoms with Crippen LogP contribution in [0.2, 0.25) is 0 Å². The molecule has 0 amide bonds. The van der Waals surface area contributed by atoms with E-state index in [-0.39, 0.29) is 0 Å². The number of rotatable bonds is 7. The van der Waals surface area contributed by atoms with Crippen LogP contribution in [0.25, 0.3) is 0 Å². The Morgan fingerprint density at radius 1 is 1.53 bits per heavy atom. The van der Waals surface area contributed by atoms with Crippen LogP contribution in [-0.2, 0) is 6.42 Å². The highest BCUT2D eigenvalue weighted by Gasteiger charge is 2.22. The van der Waals surface area contributed by atoms with E-state index in [9.17, 15) is 0 Å². The molecule has 1 fully saturated rings. The second-order valence-corrected chi connectivity index (χ2v) is 5.75. The number of thiophene rings is 1. The number of aryl methyl sites for hydroxylation is 1. The minimum absolute atomic E-state index is 0.723. The molecule has 0 aromatic carbocycles. The fourth-order valence-electron chi connectivity index (χ4n) is 2.00. The van der Waals surface area contributed by atoms with E-state index >= 15 is 0 Å². The van der Waals surface area contributed by atoms with Crippen LogP contribution in [0.15, 0.2) is 17.5 Å². The molecule has 1 saturated carbocycles. The van der Waals surface area contributed by atoms with Crippen LogP contribution in [0, 0.1) is 5.92 Å². The summed E-state index contributed by atoms with van der Waals surface area (Å²) in [5.41, 5.74) is 0. The zero-order valence-corrected chi connectivity index (χ0v) is 10.4. The molecule has 0 aliphatic heterocycles. The predicted molar refractivity (Wildman–Crippen MR) is 67.4 cm³/mol. The molecule has 0 saturated heterocycles. The van der Waals surface area contributed by atoms with Crippen molar-refractivity contribution in [1.82, 2.24) is 5.32 Å². The van der Waals surface area contributed by atoms with Gasteiger partial charge in [0.25, 0.3) is 0 Å². The number of nitrogens with one attached hydrogen (secondary N) is 1. The van der Waals surface area contributed by atoms with E-state index in [2.05, 4.69) is 29.8 Å². The van der Waals surface area contributed by atoms with Gasteiger partial charge in [0.15, 0.2) is 0 Å². The van der Waals surface area contributed by atoms with E-state index in [1.807, 2.05) is 11.3 Å². The van der Waals surface area contributed by atoms with Gasteiger partial charge in [0.2, 0.25) is 0 Å². The Kier molecular flexibility index (Phi) is 4.21. The molecule has 1 unspecified atom stereocenters. The summed E-state index contributed by atoms with van der Waals surface area (Å²) in [6.07, 6.45) is 6.85. The Balaban J connectivity index is 1.50. The van der Waals surface area contributed by atoms with Crippen LogP contribution in [-0.4, -0.2) is 12.6 Å². The molecule has 2 heteroatoms. The normalized spacial score (nSPS) is 17.9. The van der Waals surface area contributed by atoms with Gasteiger partial charge in [-0.25, -0.2) is 0 Å². The fraction of sp³-hybridized carbons (Fsp3) is 0.692. The Bertz CT molecular complexity index is 264. The van der Waals surface area contributed by atoms with Gasteiger partial charge in [-0.15, -0.1) is 11.3 Å². The van der Waals surface area contributed by atoms with Crippen LogP contribution in [0.3, 0.4) is 0 Å². The first-order chi connectivity index (χ1) is 7.34. The molecule has 1 nitrogen and oxygen atoms in total. The zero-order chi connectivity index (χ0) is 10.5. The second-order valence-electron chi connectivity index (χ2n) is 4.72. The van der Waals surface area contributed by atoms with Gasteiger partial charge in [-0.1, -0.05) is 18.9 Å². The lowest BCUT2D eigenvalue weighted by molar-refractivity contribution is 0.483. The third kappa shape index (κ3) is 4.35. The smallest absolute Gasteiger partial charge is 0.00457 e. The van der Waals surface area contributed by atoms with Crippen molar-refractivity contribution < 1.29 is 0 Å². The van der Waals surface area contributed by atoms with Crippen molar-refractivity contribution in [3.63, 3.8) is 0 Å². The predicted octanol–water partition coefficient (Wildman–Crippen LogP) is 3.46. The summed E-state index contributed by atoms with van der Waals surface area (Å²) in [6, 6.07) is 5.10. The van der Waals surface area contributed by atoms with Gasteiger partial charge in [0.05, 0.1) is 0 Å². The molecule has 1 heterocycles. The maximum absolute atomic E-state index is 3.62. The summed E-state index contributed by atoms with van der Waals surface area (Å²) < 4.78 is 0. The van der Waals surface area contributed by atoms with Gasteiger partial charge in [-0.3, -0.25) is 0 Å². The number of hydrogen-bond acceptors (Lipinski definition) is 2. The lowest BCUT2D eigenvalue weighted by Crippen LogP contribution is -2.27. The summed E-state index contributed by atoms with van der Waals surface area (Å²) >= 11 is 1.87. The molecule has 1 aromatic rings. The molecule has 15 heavy (non-hydrogen) atoms. The Labute approximate surface area is 96.9 Å². The maximum Gasteiger partial charge on any atom is 0.00457 e. The summed E-state index contributed by atoms with van der Waals surface area (Å²) in [6.45, 7) is 3.50. The van der Waals surface area contributed by atoms with Crippen LogP contribution >= 0.6 is 11.3 Å². The highest BCUT2D eigenvalue weighted by molar-refractivity contribution is 7.09. The largest absolute Gasteiger partial charge is 0.314 e. The zero-order valence-electron chi connectivity index (χ0n) is 9.54. The van der Waals surface area contributed by atoms with Crippen molar-refractivity contribution in [2.75, 3.05) is 6.54 Å². The maximum atomic E-state index is 3.62. The van der Waals surface area contributed by atoms with E-state index in [1.54, 1.807) is 0 Å². The first kappa shape index (κ1) is 11.2. The van der Waals surface area contributed by atoms with Crippen LogP contribution in [0.5, 0.6) is 0 Å². The summed E-state index contributed by atoms with van der Waals surface area (Å²) in [5.74, 6) is 1.05. The minimum Gasteiger partial charge on any atom is -0.314 e. The van der Waals surface area contributed by atoms with E-state index in [1.165, 1.54) is 43.5 Å². The van der Waals surface area contributed by atoms with Gasteiger partial charge < -0.3 is 5.32 Å². The Morgan fingerprint density at radius 2 is 2.40 bits per heavy atom. The minimum atomic E-state index is 0.723. The Morgan fingerprint density at radius 3 is 3.07 bits per heavy atom. The SMILES string of the molecule is CC(CC1CC1)NCCCc1cccs1. The van der Waals surface area contributed by atoms with Crippen molar-refractivity contribution in [2.24, 2.45) is 5.92 Å². The van der Waals surface area contributed by atoms with Gasteiger partial charge >= 0.3 is 0 Å². The summed E-state index contributed by atoms with van der Waals surface area (Å²) in [7, 11) is 0. The highest BCUT2D eigenvalue weighted by Crippen LogP contribution is 2.33. The van der Waals surface area contributed by atoms with Crippen molar-refractivity contribution in [3.05, 3.63) is 22.4 Å². The average Bonchev–Trinajstić information content (AvgIpc) is 2.87. The quantitative estimate of drug-likeness (QED) is 0.698. The lowest BCUT2D eigenvalue weighted by atomic mass is 10.1. The van der Waals surface area contributed by atoms with Gasteiger partial charge in [-0.05, 0) is 50.1 Å². The molecule has 1 atom stereocenters. The summed E-state index contributed by atoms with van der Waals surface area (Å²) in [4.78, 5) is 1.52. The third-order valence-electron chi connectivity index (χ3n) is 3.06. The lowest BCUT2D eigenvalue weighted by Gasteiger charge is -2.12. The van der Waals surface area contributed by atoms with Crippen molar-refractivity contribution >= 4 is 11.3 Å². The van der Waals surface area contributed by atoms with E-state index in [0.717, 1.165) is 12.0 Å². The fourth-order valence-corrected chi connectivity index (χ4v) is 2.75. The van der Waals surface area contributed by atoms with Gasteiger partial charge in [0, 0.05) is 10.9 Å². The third-order valence-corrected chi connectivity index (χ3v) is 3.99. The molecule has 0 radical (unpaired) electrons. The van der Waals surface area contributed by atoms with E-state index < -0.39 is 0 Å². The molecule has 1 aliphatic carbocycles. The van der Waals surface area contributed by atoms with Gasteiger partial charge in [-0.2, -0.15) is 0 Å². The molecule has 84 valence electrons.